The number of amides is 1. The Kier molecular flexibility index (Phi) is 5.86. The minimum atomic E-state index is -0.246. The number of hydrogen-bond acceptors (Lipinski definition) is 3. The van der Waals surface area contributed by atoms with Crippen LogP contribution in [0.25, 0.3) is 0 Å². The first kappa shape index (κ1) is 18.2. The van der Waals surface area contributed by atoms with Crippen LogP contribution in [-0.2, 0) is 4.79 Å². The van der Waals surface area contributed by atoms with E-state index in [0.717, 1.165) is 11.1 Å². The van der Waals surface area contributed by atoms with Crippen LogP contribution in [0.5, 0.6) is 5.75 Å². The Labute approximate surface area is 159 Å². The Balaban J connectivity index is 1.70. The minimum absolute atomic E-state index is 0.0961. The molecule has 3 aromatic carbocycles. The van der Waals surface area contributed by atoms with Crippen LogP contribution in [0.3, 0.4) is 0 Å². The van der Waals surface area contributed by atoms with Crippen molar-refractivity contribution in [1.29, 1.82) is 5.26 Å². The normalized spacial score (nSPS) is 11.3. The predicted molar refractivity (Wildman–Crippen MR) is 104 cm³/mol. The summed E-state index contributed by atoms with van der Waals surface area (Å²) in [6, 6.07) is 26.4. The van der Waals surface area contributed by atoms with Gasteiger partial charge in [-0.05, 0) is 42.3 Å². The van der Waals surface area contributed by atoms with Crippen molar-refractivity contribution in [1.82, 2.24) is 5.32 Å². The summed E-state index contributed by atoms with van der Waals surface area (Å²) in [5.41, 5.74) is 3.74. The van der Waals surface area contributed by atoms with Crippen molar-refractivity contribution in [3.05, 3.63) is 101 Å². The molecule has 4 nitrogen and oxygen atoms in total. The summed E-state index contributed by atoms with van der Waals surface area (Å²) in [6.45, 7) is 1.94. The van der Waals surface area contributed by atoms with Crippen LogP contribution in [0.2, 0.25) is 0 Å². The van der Waals surface area contributed by atoms with E-state index in [0.29, 0.717) is 11.3 Å². The fourth-order valence-electron chi connectivity index (χ4n) is 2.74. The maximum atomic E-state index is 12.5. The Morgan fingerprint density at radius 2 is 1.59 bits per heavy atom. The number of carbonyl (C=O) groups excluding carboxylic acids is 1. The lowest BCUT2D eigenvalue weighted by atomic mass is 9.98. The van der Waals surface area contributed by atoms with Gasteiger partial charge in [-0.1, -0.05) is 60.2 Å². The number of rotatable bonds is 6. The van der Waals surface area contributed by atoms with E-state index in [1.807, 2.05) is 61.5 Å². The molecule has 0 saturated carbocycles. The zero-order chi connectivity index (χ0) is 19.1. The second-order valence-electron chi connectivity index (χ2n) is 6.25. The molecule has 1 N–H and O–H groups in total. The van der Waals surface area contributed by atoms with Gasteiger partial charge in [0.1, 0.15) is 5.75 Å². The number of benzene rings is 3. The van der Waals surface area contributed by atoms with Crippen molar-refractivity contribution >= 4 is 5.91 Å². The fourth-order valence-corrected chi connectivity index (χ4v) is 2.74. The van der Waals surface area contributed by atoms with Gasteiger partial charge in [-0.3, -0.25) is 4.79 Å². The van der Waals surface area contributed by atoms with Gasteiger partial charge in [-0.15, -0.1) is 0 Å². The maximum Gasteiger partial charge on any atom is 0.258 e. The van der Waals surface area contributed by atoms with E-state index in [1.165, 1.54) is 5.56 Å². The number of hydrogen-bond donors (Lipinski definition) is 1. The van der Waals surface area contributed by atoms with Gasteiger partial charge >= 0.3 is 0 Å². The molecule has 0 bridgehead atoms. The topological polar surface area (TPSA) is 62.1 Å². The molecule has 0 aliphatic heterocycles. The summed E-state index contributed by atoms with van der Waals surface area (Å²) in [7, 11) is 0. The van der Waals surface area contributed by atoms with Crippen LogP contribution in [0, 0.1) is 18.3 Å². The van der Waals surface area contributed by atoms with E-state index in [4.69, 9.17) is 10.00 Å². The van der Waals surface area contributed by atoms with Crippen molar-refractivity contribution in [2.45, 2.75) is 13.0 Å². The van der Waals surface area contributed by atoms with E-state index in [1.54, 1.807) is 24.3 Å². The molecule has 1 atom stereocenters. The number of nitrogens with one attached hydrogen (secondary N) is 1. The van der Waals surface area contributed by atoms with Crippen molar-refractivity contribution in [2.75, 3.05) is 6.61 Å². The van der Waals surface area contributed by atoms with E-state index in [9.17, 15) is 4.79 Å². The van der Waals surface area contributed by atoms with Crippen LogP contribution in [-0.4, -0.2) is 12.5 Å². The summed E-state index contributed by atoms with van der Waals surface area (Å²) in [6.07, 6.45) is 0. The van der Waals surface area contributed by atoms with Crippen molar-refractivity contribution in [3.8, 4) is 11.8 Å². The van der Waals surface area contributed by atoms with Gasteiger partial charge in [-0.2, -0.15) is 5.26 Å². The van der Waals surface area contributed by atoms with Crippen molar-refractivity contribution in [2.24, 2.45) is 0 Å². The molecule has 0 heterocycles. The lowest BCUT2D eigenvalue weighted by molar-refractivity contribution is -0.123. The highest BCUT2D eigenvalue weighted by molar-refractivity contribution is 5.78. The number of carbonyl (C=O) groups is 1. The van der Waals surface area contributed by atoms with E-state index in [-0.39, 0.29) is 18.6 Å². The molecule has 0 fully saturated rings. The Morgan fingerprint density at radius 3 is 2.22 bits per heavy atom. The van der Waals surface area contributed by atoms with E-state index >= 15 is 0 Å². The summed E-state index contributed by atoms with van der Waals surface area (Å²) in [5.74, 6) is 0.338. The molecule has 0 spiro atoms. The highest BCUT2D eigenvalue weighted by Crippen LogP contribution is 2.22. The largest absolute Gasteiger partial charge is 0.484 e. The van der Waals surface area contributed by atoms with Crippen LogP contribution in [0.4, 0.5) is 0 Å². The van der Waals surface area contributed by atoms with E-state index in [2.05, 4.69) is 11.4 Å². The number of ether oxygens (including phenoxy) is 1. The van der Waals surface area contributed by atoms with Gasteiger partial charge in [0, 0.05) is 0 Å². The quantitative estimate of drug-likeness (QED) is 0.722. The summed E-state index contributed by atoms with van der Waals surface area (Å²) < 4.78 is 5.54. The van der Waals surface area contributed by atoms with Gasteiger partial charge in [0.15, 0.2) is 6.61 Å². The van der Waals surface area contributed by atoms with Crippen LogP contribution in [0.15, 0.2) is 78.9 Å². The van der Waals surface area contributed by atoms with Gasteiger partial charge in [0.05, 0.1) is 17.7 Å². The maximum absolute atomic E-state index is 12.5. The number of aryl methyl sites for hydroxylation is 1. The molecule has 27 heavy (non-hydrogen) atoms. The molecule has 0 unspecified atom stereocenters. The zero-order valence-electron chi connectivity index (χ0n) is 15.1. The smallest absolute Gasteiger partial charge is 0.258 e. The van der Waals surface area contributed by atoms with Crippen molar-refractivity contribution < 1.29 is 9.53 Å². The van der Waals surface area contributed by atoms with Gasteiger partial charge in [0.25, 0.3) is 5.91 Å². The first-order chi connectivity index (χ1) is 13.2. The van der Waals surface area contributed by atoms with Crippen LogP contribution < -0.4 is 10.1 Å². The molecule has 3 aromatic rings. The van der Waals surface area contributed by atoms with Gasteiger partial charge in [0.2, 0.25) is 0 Å². The third-order valence-corrected chi connectivity index (χ3v) is 4.20. The summed E-state index contributed by atoms with van der Waals surface area (Å²) in [5, 5.41) is 11.9. The van der Waals surface area contributed by atoms with Crippen LogP contribution >= 0.6 is 0 Å². The number of nitriles is 1. The molecule has 0 aliphatic rings. The van der Waals surface area contributed by atoms with Crippen LogP contribution in [0.1, 0.15) is 28.3 Å². The van der Waals surface area contributed by atoms with Crippen molar-refractivity contribution in [3.63, 3.8) is 0 Å². The lowest BCUT2D eigenvalue weighted by Crippen LogP contribution is -2.33. The van der Waals surface area contributed by atoms with Gasteiger partial charge < -0.3 is 10.1 Å². The monoisotopic (exact) mass is 356 g/mol. The molecule has 0 saturated heterocycles. The third kappa shape index (κ3) is 4.96. The second-order valence-corrected chi connectivity index (χ2v) is 6.25. The highest BCUT2D eigenvalue weighted by atomic mass is 16.5. The molecule has 4 heteroatoms. The first-order valence-electron chi connectivity index (χ1n) is 8.69. The standard InChI is InChI=1S/C23H20N2O2/c1-17-7-11-20(12-8-17)23(19-5-3-2-4-6-19)25-22(26)16-27-21-13-9-18(15-24)10-14-21/h2-14,23H,16H2,1H3,(H,25,26)/t23-/m0/s1. The molecule has 0 aromatic heterocycles. The molecular weight excluding hydrogens is 336 g/mol. The Bertz CT molecular complexity index is 927. The fraction of sp³-hybridized carbons (Fsp3) is 0.130. The Morgan fingerprint density at radius 1 is 0.963 bits per heavy atom. The molecule has 0 aliphatic carbocycles. The number of nitrogens with zero attached hydrogens (tertiary/aromatic N) is 1. The summed E-state index contributed by atoms with van der Waals surface area (Å²) in [4.78, 5) is 12.5. The minimum Gasteiger partial charge on any atom is -0.484 e. The second kappa shape index (κ2) is 8.68. The molecule has 0 radical (unpaired) electrons. The molecule has 1 amide bonds. The summed E-state index contributed by atoms with van der Waals surface area (Å²) >= 11 is 0. The molecule has 3 rings (SSSR count). The predicted octanol–water partition coefficient (Wildman–Crippen LogP) is 4.15. The average Bonchev–Trinajstić information content (AvgIpc) is 2.72. The lowest BCUT2D eigenvalue weighted by Gasteiger charge is -2.20. The highest BCUT2D eigenvalue weighted by Gasteiger charge is 2.17. The third-order valence-electron chi connectivity index (χ3n) is 4.20. The van der Waals surface area contributed by atoms with Gasteiger partial charge in [-0.25, -0.2) is 0 Å². The SMILES string of the molecule is Cc1ccc([C@@H](NC(=O)COc2ccc(C#N)cc2)c2ccccc2)cc1. The first-order valence-corrected chi connectivity index (χ1v) is 8.69. The van der Waals surface area contributed by atoms with E-state index < -0.39 is 0 Å². The average molecular weight is 356 g/mol. The Hall–Kier alpha value is -3.58. The molecular formula is C23H20N2O2. The zero-order valence-corrected chi connectivity index (χ0v) is 15.1. The molecule has 134 valence electrons.